The highest BCUT2D eigenvalue weighted by Gasteiger charge is 2.08. The molecule has 0 saturated heterocycles. The van der Waals surface area contributed by atoms with E-state index in [-0.39, 0.29) is 0 Å². The van der Waals surface area contributed by atoms with Crippen molar-refractivity contribution in [2.24, 2.45) is 0 Å². The average molecular weight is 265 g/mol. The molecule has 0 aliphatic rings. The van der Waals surface area contributed by atoms with Crippen molar-refractivity contribution in [1.29, 1.82) is 0 Å². The van der Waals surface area contributed by atoms with E-state index in [9.17, 15) is 9.18 Å². The third kappa shape index (κ3) is 2.36. The van der Waals surface area contributed by atoms with E-state index in [2.05, 4.69) is 0 Å². The first-order valence-corrected chi connectivity index (χ1v) is 5.62. The Morgan fingerprint density at radius 3 is 2.61 bits per heavy atom. The highest BCUT2D eigenvalue weighted by molar-refractivity contribution is 6.33. The van der Waals surface area contributed by atoms with Crippen molar-refractivity contribution in [2.45, 2.75) is 0 Å². The molecular weight excluding hydrogens is 255 g/mol. The third-order valence-corrected chi connectivity index (χ3v) is 2.95. The standard InChI is InChI=1S/C14H10ClFO2/c1-18-11-3-4-12(14(16)7-11)9-2-5-13(15)10(6-9)8-17/h2-8H,1H3. The molecule has 0 atom stereocenters. The first kappa shape index (κ1) is 12.6. The molecular formula is C14H10ClFO2. The Hall–Kier alpha value is -1.87. The van der Waals surface area contributed by atoms with Crippen LogP contribution in [0.25, 0.3) is 11.1 Å². The number of methoxy groups -OCH3 is 1. The molecule has 0 unspecified atom stereocenters. The van der Waals surface area contributed by atoms with E-state index < -0.39 is 5.82 Å². The number of benzene rings is 2. The molecule has 0 amide bonds. The summed E-state index contributed by atoms with van der Waals surface area (Å²) in [5.41, 5.74) is 1.33. The lowest BCUT2D eigenvalue weighted by molar-refractivity contribution is 0.112. The SMILES string of the molecule is COc1ccc(-c2ccc(Cl)c(C=O)c2)c(F)c1. The maximum absolute atomic E-state index is 13.9. The summed E-state index contributed by atoms with van der Waals surface area (Å²) >= 11 is 5.83. The molecule has 2 aromatic rings. The van der Waals surface area contributed by atoms with Crippen LogP contribution >= 0.6 is 11.6 Å². The van der Waals surface area contributed by atoms with Crippen molar-refractivity contribution in [1.82, 2.24) is 0 Å². The van der Waals surface area contributed by atoms with Crippen LogP contribution in [0.2, 0.25) is 5.02 Å². The van der Waals surface area contributed by atoms with Crippen LogP contribution in [0.15, 0.2) is 36.4 Å². The van der Waals surface area contributed by atoms with E-state index in [0.29, 0.717) is 33.7 Å². The molecule has 0 radical (unpaired) electrons. The highest BCUT2D eigenvalue weighted by Crippen LogP contribution is 2.28. The van der Waals surface area contributed by atoms with Gasteiger partial charge in [0, 0.05) is 17.2 Å². The Morgan fingerprint density at radius 1 is 1.22 bits per heavy atom. The van der Waals surface area contributed by atoms with Crippen molar-refractivity contribution in [3.05, 3.63) is 52.8 Å². The lowest BCUT2D eigenvalue weighted by Crippen LogP contribution is -1.90. The van der Waals surface area contributed by atoms with Gasteiger partial charge in [0.2, 0.25) is 0 Å². The van der Waals surface area contributed by atoms with Crippen molar-refractivity contribution >= 4 is 17.9 Å². The molecule has 18 heavy (non-hydrogen) atoms. The van der Waals surface area contributed by atoms with Gasteiger partial charge >= 0.3 is 0 Å². The van der Waals surface area contributed by atoms with Gasteiger partial charge in [-0.25, -0.2) is 4.39 Å². The molecule has 0 aromatic heterocycles. The van der Waals surface area contributed by atoms with Crippen LogP contribution in [0.3, 0.4) is 0 Å². The smallest absolute Gasteiger partial charge is 0.151 e. The van der Waals surface area contributed by atoms with Crippen LogP contribution in [0.1, 0.15) is 10.4 Å². The predicted octanol–water partition coefficient (Wildman–Crippen LogP) is 3.97. The zero-order chi connectivity index (χ0) is 13.1. The minimum atomic E-state index is -0.409. The van der Waals surface area contributed by atoms with Crippen LogP contribution in [0, 0.1) is 5.82 Å². The molecule has 2 aromatic carbocycles. The molecule has 0 aliphatic carbocycles. The molecule has 0 N–H and O–H groups in total. The number of hydrogen-bond donors (Lipinski definition) is 0. The van der Waals surface area contributed by atoms with Crippen molar-refractivity contribution in [2.75, 3.05) is 7.11 Å². The Labute approximate surface area is 109 Å². The van der Waals surface area contributed by atoms with Gasteiger partial charge < -0.3 is 4.74 Å². The fourth-order valence-corrected chi connectivity index (χ4v) is 1.82. The minimum absolute atomic E-state index is 0.337. The monoisotopic (exact) mass is 264 g/mol. The number of hydrogen-bond acceptors (Lipinski definition) is 2. The summed E-state index contributed by atoms with van der Waals surface area (Å²) in [7, 11) is 1.47. The molecule has 2 nitrogen and oxygen atoms in total. The van der Waals surface area contributed by atoms with Crippen LogP contribution in [0.5, 0.6) is 5.75 Å². The van der Waals surface area contributed by atoms with Crippen LogP contribution < -0.4 is 4.74 Å². The second kappa shape index (κ2) is 5.19. The summed E-state index contributed by atoms with van der Waals surface area (Å²) in [5.74, 6) is 0.0364. The lowest BCUT2D eigenvalue weighted by Gasteiger charge is -2.07. The lowest BCUT2D eigenvalue weighted by atomic mass is 10.0. The number of ether oxygens (including phenoxy) is 1. The van der Waals surface area contributed by atoms with Gasteiger partial charge in [-0.15, -0.1) is 0 Å². The van der Waals surface area contributed by atoms with Crippen molar-refractivity contribution < 1.29 is 13.9 Å². The number of rotatable bonds is 3. The number of carbonyl (C=O) groups is 1. The summed E-state index contributed by atoms with van der Waals surface area (Å²) in [6.07, 6.45) is 0.646. The van der Waals surface area contributed by atoms with Gasteiger partial charge in [0.25, 0.3) is 0 Å². The summed E-state index contributed by atoms with van der Waals surface area (Å²) in [6.45, 7) is 0. The summed E-state index contributed by atoms with van der Waals surface area (Å²) in [5, 5.41) is 0.350. The Morgan fingerprint density at radius 2 is 2.00 bits per heavy atom. The quantitative estimate of drug-likeness (QED) is 0.784. The predicted molar refractivity (Wildman–Crippen MR) is 68.8 cm³/mol. The summed E-state index contributed by atoms with van der Waals surface area (Å²) in [6, 6.07) is 9.36. The normalized spacial score (nSPS) is 10.2. The van der Waals surface area contributed by atoms with E-state index >= 15 is 0 Å². The summed E-state index contributed by atoms with van der Waals surface area (Å²) in [4.78, 5) is 10.8. The van der Waals surface area contributed by atoms with Crippen LogP contribution in [-0.4, -0.2) is 13.4 Å². The van der Waals surface area contributed by atoms with E-state index in [1.165, 1.54) is 13.2 Å². The number of halogens is 2. The molecule has 92 valence electrons. The second-order valence-corrected chi connectivity index (χ2v) is 4.11. The van der Waals surface area contributed by atoms with Crippen LogP contribution in [-0.2, 0) is 0 Å². The van der Waals surface area contributed by atoms with Gasteiger partial charge in [0.15, 0.2) is 6.29 Å². The highest BCUT2D eigenvalue weighted by atomic mass is 35.5. The zero-order valence-electron chi connectivity index (χ0n) is 9.61. The van der Waals surface area contributed by atoms with Gasteiger partial charge in [0.05, 0.1) is 12.1 Å². The molecule has 2 rings (SSSR count). The Bertz CT molecular complexity index is 596. The first-order valence-electron chi connectivity index (χ1n) is 5.24. The van der Waals surface area contributed by atoms with E-state index in [1.807, 2.05) is 0 Å². The molecule has 0 aliphatic heterocycles. The van der Waals surface area contributed by atoms with Crippen molar-refractivity contribution in [3.8, 4) is 16.9 Å². The minimum Gasteiger partial charge on any atom is -0.497 e. The largest absolute Gasteiger partial charge is 0.497 e. The molecule has 0 bridgehead atoms. The van der Waals surface area contributed by atoms with E-state index in [4.69, 9.17) is 16.3 Å². The van der Waals surface area contributed by atoms with Crippen LogP contribution in [0.4, 0.5) is 4.39 Å². The van der Waals surface area contributed by atoms with E-state index in [1.54, 1.807) is 30.3 Å². The first-order chi connectivity index (χ1) is 8.65. The fraction of sp³-hybridized carbons (Fsp3) is 0.0714. The maximum atomic E-state index is 13.9. The third-order valence-electron chi connectivity index (χ3n) is 2.61. The molecule has 0 spiro atoms. The topological polar surface area (TPSA) is 26.3 Å². The maximum Gasteiger partial charge on any atom is 0.151 e. The number of aldehydes is 1. The molecule has 0 fully saturated rings. The van der Waals surface area contributed by atoms with Gasteiger partial charge in [0.1, 0.15) is 11.6 Å². The Kier molecular flexibility index (Phi) is 3.63. The Balaban J connectivity index is 2.51. The van der Waals surface area contributed by atoms with Crippen molar-refractivity contribution in [3.63, 3.8) is 0 Å². The molecule has 0 saturated carbocycles. The zero-order valence-corrected chi connectivity index (χ0v) is 10.4. The molecule has 4 heteroatoms. The van der Waals surface area contributed by atoms with Gasteiger partial charge in [-0.2, -0.15) is 0 Å². The van der Waals surface area contributed by atoms with Gasteiger partial charge in [-0.3, -0.25) is 4.79 Å². The van der Waals surface area contributed by atoms with E-state index in [0.717, 1.165) is 0 Å². The van der Waals surface area contributed by atoms with Gasteiger partial charge in [-0.05, 0) is 29.8 Å². The van der Waals surface area contributed by atoms with Gasteiger partial charge in [-0.1, -0.05) is 17.7 Å². The molecule has 0 heterocycles. The summed E-state index contributed by atoms with van der Waals surface area (Å²) < 4.78 is 18.8. The average Bonchev–Trinajstić information content (AvgIpc) is 2.39. The fourth-order valence-electron chi connectivity index (χ4n) is 1.66. The number of carbonyl (C=O) groups excluding carboxylic acids is 1. The second-order valence-electron chi connectivity index (χ2n) is 3.70.